The zero-order chi connectivity index (χ0) is 14.5. The molecule has 2 rings (SSSR count). The molecule has 0 aliphatic heterocycles. The zero-order valence-corrected chi connectivity index (χ0v) is 12.1. The lowest BCUT2D eigenvalue weighted by molar-refractivity contribution is 0.412. The molecule has 0 aliphatic carbocycles. The molecule has 0 aromatic heterocycles. The number of aliphatic imine (C=N–C) groups is 1. The number of methoxy groups -OCH3 is 1. The van der Waals surface area contributed by atoms with Crippen LogP contribution in [0.5, 0.6) is 5.75 Å². The van der Waals surface area contributed by atoms with Gasteiger partial charge in [0.2, 0.25) is 6.08 Å². The smallest absolute Gasteiger partial charge is 0.240 e. The molecule has 0 unspecified atom stereocenters. The molecule has 0 atom stereocenters. The summed E-state index contributed by atoms with van der Waals surface area (Å²) in [5, 5.41) is 8.89. The number of nitriles is 1. The predicted molar refractivity (Wildman–Crippen MR) is 78.6 cm³/mol. The molecule has 0 fully saturated rings. The Bertz CT molecular complexity index is 744. The monoisotopic (exact) mass is 328 g/mol. The van der Waals surface area contributed by atoms with Gasteiger partial charge in [0.25, 0.3) is 0 Å². The largest absolute Gasteiger partial charge is 0.496 e. The highest BCUT2D eigenvalue weighted by Gasteiger charge is 2.09. The van der Waals surface area contributed by atoms with E-state index in [-0.39, 0.29) is 0 Å². The van der Waals surface area contributed by atoms with Gasteiger partial charge in [0, 0.05) is 5.56 Å². The van der Waals surface area contributed by atoms with Gasteiger partial charge in [-0.1, -0.05) is 12.1 Å². The number of isocyanates is 1. The van der Waals surface area contributed by atoms with Crippen LogP contribution in [0.25, 0.3) is 11.1 Å². The third kappa shape index (κ3) is 2.77. The number of halogens is 1. The van der Waals surface area contributed by atoms with Crippen molar-refractivity contribution in [3.05, 3.63) is 46.4 Å². The first-order valence-electron chi connectivity index (χ1n) is 5.65. The lowest BCUT2D eigenvalue weighted by Gasteiger charge is -2.09. The molecule has 0 amide bonds. The van der Waals surface area contributed by atoms with Gasteiger partial charge < -0.3 is 4.74 Å². The molecule has 2 aromatic carbocycles. The molecular weight excluding hydrogens is 320 g/mol. The molecule has 20 heavy (non-hydrogen) atoms. The maximum Gasteiger partial charge on any atom is 0.240 e. The van der Waals surface area contributed by atoms with Crippen LogP contribution in [0.1, 0.15) is 5.56 Å². The zero-order valence-electron chi connectivity index (χ0n) is 10.6. The van der Waals surface area contributed by atoms with E-state index in [4.69, 9.17) is 10.00 Å². The summed E-state index contributed by atoms with van der Waals surface area (Å²) in [4.78, 5) is 14.2. The van der Waals surface area contributed by atoms with Gasteiger partial charge >= 0.3 is 0 Å². The van der Waals surface area contributed by atoms with Gasteiger partial charge in [0.05, 0.1) is 28.9 Å². The minimum absolute atomic E-state index is 0.406. The molecule has 0 aliphatic rings. The number of carbonyl (C=O) groups excluding carboxylic acids is 1. The number of rotatable bonds is 3. The minimum Gasteiger partial charge on any atom is -0.496 e. The Morgan fingerprint density at radius 1 is 1.25 bits per heavy atom. The van der Waals surface area contributed by atoms with Gasteiger partial charge in [-0.25, -0.2) is 4.79 Å². The predicted octanol–water partition coefficient (Wildman–Crippen LogP) is 3.96. The highest BCUT2D eigenvalue weighted by Crippen LogP contribution is 2.35. The van der Waals surface area contributed by atoms with E-state index >= 15 is 0 Å². The van der Waals surface area contributed by atoms with E-state index < -0.39 is 0 Å². The molecule has 0 heterocycles. The van der Waals surface area contributed by atoms with Crippen LogP contribution in [0.3, 0.4) is 0 Å². The van der Waals surface area contributed by atoms with Gasteiger partial charge in [-0.3, -0.25) is 0 Å². The van der Waals surface area contributed by atoms with Crippen molar-refractivity contribution in [3.8, 4) is 22.9 Å². The quantitative estimate of drug-likeness (QED) is 0.632. The number of hydrogen-bond donors (Lipinski definition) is 0. The van der Waals surface area contributed by atoms with Crippen LogP contribution in [0, 0.1) is 11.3 Å². The Balaban J connectivity index is 2.63. The summed E-state index contributed by atoms with van der Waals surface area (Å²) < 4.78 is 6.08. The second kappa shape index (κ2) is 6.16. The maximum absolute atomic E-state index is 10.5. The van der Waals surface area contributed by atoms with Crippen molar-refractivity contribution in [3.63, 3.8) is 0 Å². The van der Waals surface area contributed by atoms with E-state index in [1.807, 2.05) is 24.3 Å². The number of ether oxygens (including phenoxy) is 1. The topological polar surface area (TPSA) is 62.4 Å². The van der Waals surface area contributed by atoms with Crippen molar-refractivity contribution in [1.29, 1.82) is 5.26 Å². The van der Waals surface area contributed by atoms with E-state index in [9.17, 15) is 4.79 Å². The minimum atomic E-state index is 0.406. The summed E-state index contributed by atoms with van der Waals surface area (Å²) in [6, 6.07) is 12.5. The Morgan fingerprint density at radius 2 is 2.05 bits per heavy atom. The number of nitrogens with zero attached hydrogens (tertiary/aromatic N) is 2. The van der Waals surface area contributed by atoms with Crippen LogP contribution in [0.4, 0.5) is 5.69 Å². The Labute approximate surface area is 124 Å². The second-order valence-corrected chi connectivity index (χ2v) is 4.75. The fourth-order valence-corrected chi connectivity index (χ4v) is 2.22. The van der Waals surface area contributed by atoms with Crippen molar-refractivity contribution in [2.24, 2.45) is 4.99 Å². The van der Waals surface area contributed by atoms with Gasteiger partial charge in [0.15, 0.2) is 0 Å². The standard InChI is InChI=1S/C15H9BrN2O2/c1-20-15-7-11(3-5-13(15)16)12-4-2-10(8-17)6-14(12)18-9-19/h2-7H,1H3. The van der Waals surface area contributed by atoms with Crippen molar-refractivity contribution in [2.75, 3.05) is 7.11 Å². The SMILES string of the molecule is COc1cc(-c2ccc(C#N)cc2N=C=O)ccc1Br. The van der Waals surface area contributed by atoms with Crippen LogP contribution in [0.15, 0.2) is 45.9 Å². The lowest BCUT2D eigenvalue weighted by atomic mass is 10.0. The van der Waals surface area contributed by atoms with Crippen molar-refractivity contribution < 1.29 is 9.53 Å². The van der Waals surface area contributed by atoms with Gasteiger partial charge in [-0.2, -0.15) is 10.3 Å². The average Bonchev–Trinajstić information content (AvgIpc) is 2.48. The molecule has 0 radical (unpaired) electrons. The van der Waals surface area contributed by atoms with E-state index in [0.29, 0.717) is 17.0 Å². The molecular formula is C15H9BrN2O2. The summed E-state index contributed by atoms with van der Waals surface area (Å²) in [7, 11) is 1.58. The first-order chi connectivity index (χ1) is 9.69. The summed E-state index contributed by atoms with van der Waals surface area (Å²) in [5.41, 5.74) is 2.41. The average molecular weight is 329 g/mol. The van der Waals surface area contributed by atoms with Crippen LogP contribution >= 0.6 is 15.9 Å². The highest BCUT2D eigenvalue weighted by molar-refractivity contribution is 9.10. The Morgan fingerprint density at radius 3 is 2.70 bits per heavy atom. The van der Waals surface area contributed by atoms with E-state index in [2.05, 4.69) is 20.9 Å². The molecule has 4 nitrogen and oxygen atoms in total. The Hall–Kier alpha value is -2.41. The van der Waals surface area contributed by atoms with Crippen LogP contribution in [-0.2, 0) is 4.79 Å². The number of hydrogen-bond acceptors (Lipinski definition) is 4. The third-order valence-corrected chi connectivity index (χ3v) is 3.41. The normalized spacial score (nSPS) is 9.45. The second-order valence-electron chi connectivity index (χ2n) is 3.90. The summed E-state index contributed by atoms with van der Waals surface area (Å²) in [6.45, 7) is 0. The van der Waals surface area contributed by atoms with Gasteiger partial charge in [0.1, 0.15) is 5.75 Å². The number of benzene rings is 2. The van der Waals surface area contributed by atoms with Crippen molar-refractivity contribution >= 4 is 27.7 Å². The summed E-state index contributed by atoms with van der Waals surface area (Å²) in [5.74, 6) is 0.674. The van der Waals surface area contributed by atoms with Crippen LogP contribution in [-0.4, -0.2) is 13.2 Å². The lowest BCUT2D eigenvalue weighted by Crippen LogP contribution is -1.87. The van der Waals surface area contributed by atoms with Crippen LogP contribution in [0.2, 0.25) is 0 Å². The fourth-order valence-electron chi connectivity index (χ4n) is 1.81. The van der Waals surface area contributed by atoms with Gasteiger partial charge in [-0.05, 0) is 45.8 Å². The van der Waals surface area contributed by atoms with Crippen molar-refractivity contribution in [2.45, 2.75) is 0 Å². The first kappa shape index (κ1) is 14.0. The molecule has 0 bridgehead atoms. The third-order valence-electron chi connectivity index (χ3n) is 2.76. The summed E-state index contributed by atoms with van der Waals surface area (Å²) >= 11 is 3.38. The molecule has 0 saturated heterocycles. The summed E-state index contributed by atoms with van der Waals surface area (Å²) in [6.07, 6.45) is 1.51. The Kier molecular flexibility index (Phi) is 4.31. The van der Waals surface area contributed by atoms with E-state index in [1.54, 1.807) is 25.3 Å². The molecule has 2 aromatic rings. The highest BCUT2D eigenvalue weighted by atomic mass is 79.9. The van der Waals surface area contributed by atoms with Crippen molar-refractivity contribution in [1.82, 2.24) is 0 Å². The van der Waals surface area contributed by atoms with E-state index in [1.165, 1.54) is 6.08 Å². The fraction of sp³-hybridized carbons (Fsp3) is 0.0667. The molecule has 0 spiro atoms. The molecule has 0 N–H and O–H groups in total. The molecule has 0 saturated carbocycles. The van der Waals surface area contributed by atoms with Gasteiger partial charge in [-0.15, -0.1) is 0 Å². The van der Waals surface area contributed by atoms with E-state index in [0.717, 1.165) is 15.6 Å². The molecule has 5 heteroatoms. The molecule has 98 valence electrons. The maximum atomic E-state index is 10.5. The first-order valence-corrected chi connectivity index (χ1v) is 6.45. The van der Waals surface area contributed by atoms with Crippen LogP contribution < -0.4 is 4.74 Å².